The minimum atomic E-state index is -3.54. The van der Waals surface area contributed by atoms with E-state index in [1.165, 1.54) is 19.2 Å². The lowest BCUT2D eigenvalue weighted by Crippen LogP contribution is -2.25. The molecule has 1 aromatic rings. The number of carbonyl (C=O) groups excluding carboxylic acids is 1. The monoisotopic (exact) mass is 352 g/mol. The number of benzene rings is 1. The number of sulfone groups is 1. The number of ether oxygens (including phenoxy) is 2. The summed E-state index contributed by atoms with van der Waals surface area (Å²) in [4.78, 5) is 12.3. The zero-order valence-corrected chi connectivity index (χ0v) is 14.9. The summed E-state index contributed by atoms with van der Waals surface area (Å²) in [6, 6.07) is 6.15. The van der Waals surface area contributed by atoms with E-state index in [9.17, 15) is 13.2 Å². The molecular formula is C18H24O5S. The van der Waals surface area contributed by atoms with Crippen LogP contribution in [0.1, 0.15) is 26.2 Å². The number of hydrogen-bond donors (Lipinski definition) is 0. The van der Waals surface area contributed by atoms with E-state index in [4.69, 9.17) is 9.47 Å². The van der Waals surface area contributed by atoms with Gasteiger partial charge in [0.15, 0.2) is 9.84 Å². The zero-order valence-electron chi connectivity index (χ0n) is 14.1. The first kappa shape index (κ1) is 18.5. The maximum absolute atomic E-state index is 12.4. The minimum Gasteiger partial charge on any atom is -0.497 e. The molecule has 0 amide bonds. The van der Waals surface area contributed by atoms with Crippen LogP contribution in [0.3, 0.4) is 0 Å². The van der Waals surface area contributed by atoms with Crippen molar-refractivity contribution in [3.05, 3.63) is 36.4 Å². The third kappa shape index (κ3) is 5.09. The number of carbonyl (C=O) groups is 1. The van der Waals surface area contributed by atoms with E-state index >= 15 is 0 Å². The van der Waals surface area contributed by atoms with E-state index in [2.05, 4.69) is 12.2 Å². The number of methoxy groups -OCH3 is 1. The first-order valence-corrected chi connectivity index (χ1v) is 9.76. The van der Waals surface area contributed by atoms with Gasteiger partial charge in [-0.25, -0.2) is 8.42 Å². The second-order valence-electron chi connectivity index (χ2n) is 6.14. The lowest BCUT2D eigenvalue weighted by molar-refractivity contribution is -0.148. The Labute approximate surface area is 143 Å². The Balaban J connectivity index is 1.89. The second kappa shape index (κ2) is 8.33. The summed E-state index contributed by atoms with van der Waals surface area (Å²) in [5, 5.41) is 0. The Kier molecular flexibility index (Phi) is 6.43. The van der Waals surface area contributed by atoms with E-state index < -0.39 is 21.7 Å². The molecule has 1 aliphatic carbocycles. The van der Waals surface area contributed by atoms with E-state index in [0.29, 0.717) is 18.3 Å². The molecule has 0 fully saturated rings. The molecule has 132 valence electrons. The van der Waals surface area contributed by atoms with Gasteiger partial charge in [0.2, 0.25) is 0 Å². The first-order chi connectivity index (χ1) is 11.4. The quantitative estimate of drug-likeness (QED) is 0.557. The van der Waals surface area contributed by atoms with Crippen LogP contribution in [-0.4, -0.2) is 33.9 Å². The van der Waals surface area contributed by atoms with E-state index in [0.717, 1.165) is 19.3 Å². The van der Waals surface area contributed by atoms with Crippen LogP contribution in [0.5, 0.6) is 5.75 Å². The van der Waals surface area contributed by atoms with E-state index in [1.807, 2.05) is 0 Å². The minimum absolute atomic E-state index is 0.181. The summed E-state index contributed by atoms with van der Waals surface area (Å²) < 4.78 is 35.1. The maximum atomic E-state index is 12.4. The third-order valence-corrected chi connectivity index (χ3v) is 6.06. The highest BCUT2D eigenvalue weighted by atomic mass is 32.2. The predicted molar refractivity (Wildman–Crippen MR) is 91.7 cm³/mol. The SMILES string of the molecule is COc1ccc(S(=O)(=O)C[C@@H](C)C(=O)OC[C@H]2CC=CCC2)cc1. The van der Waals surface area contributed by atoms with Gasteiger partial charge < -0.3 is 9.47 Å². The Morgan fingerprint density at radius 1 is 1.25 bits per heavy atom. The Morgan fingerprint density at radius 2 is 1.96 bits per heavy atom. The number of hydrogen-bond acceptors (Lipinski definition) is 5. The van der Waals surface area contributed by atoms with Crippen molar-refractivity contribution in [1.29, 1.82) is 0 Å². The van der Waals surface area contributed by atoms with Gasteiger partial charge in [-0.15, -0.1) is 0 Å². The zero-order chi connectivity index (χ0) is 17.6. The molecule has 24 heavy (non-hydrogen) atoms. The molecule has 0 heterocycles. The normalized spacial score (nSPS) is 18.8. The van der Waals surface area contributed by atoms with Gasteiger partial charge in [0.1, 0.15) is 5.75 Å². The van der Waals surface area contributed by atoms with Crippen molar-refractivity contribution in [2.75, 3.05) is 19.5 Å². The molecule has 1 aromatic carbocycles. The second-order valence-corrected chi connectivity index (χ2v) is 8.17. The number of rotatable bonds is 7. The molecule has 0 aliphatic heterocycles. The average molecular weight is 352 g/mol. The van der Waals surface area contributed by atoms with Crippen LogP contribution in [0, 0.1) is 11.8 Å². The Morgan fingerprint density at radius 3 is 2.54 bits per heavy atom. The smallest absolute Gasteiger partial charge is 0.309 e. The van der Waals surface area contributed by atoms with Crippen molar-refractivity contribution < 1.29 is 22.7 Å². The molecule has 2 atom stereocenters. The Hall–Kier alpha value is -1.82. The molecule has 0 saturated carbocycles. The van der Waals surface area contributed by atoms with Gasteiger partial charge in [-0.05, 0) is 49.4 Å². The van der Waals surface area contributed by atoms with Crippen LogP contribution in [-0.2, 0) is 19.4 Å². The molecule has 2 rings (SSSR count). The molecule has 0 N–H and O–H groups in total. The highest BCUT2D eigenvalue weighted by Gasteiger charge is 2.25. The van der Waals surface area contributed by atoms with Gasteiger partial charge in [0, 0.05) is 0 Å². The van der Waals surface area contributed by atoms with E-state index in [1.54, 1.807) is 19.1 Å². The number of allylic oxidation sites excluding steroid dienone is 2. The summed E-state index contributed by atoms with van der Waals surface area (Å²) in [6.45, 7) is 1.94. The van der Waals surface area contributed by atoms with Gasteiger partial charge in [-0.3, -0.25) is 4.79 Å². The van der Waals surface area contributed by atoms with Crippen LogP contribution >= 0.6 is 0 Å². The van der Waals surface area contributed by atoms with Crippen LogP contribution < -0.4 is 4.74 Å². The van der Waals surface area contributed by atoms with Crippen LogP contribution in [0.15, 0.2) is 41.3 Å². The van der Waals surface area contributed by atoms with Crippen molar-refractivity contribution in [3.63, 3.8) is 0 Å². The summed E-state index contributed by atoms with van der Waals surface area (Å²) in [6.07, 6.45) is 7.14. The van der Waals surface area contributed by atoms with Crippen molar-refractivity contribution in [3.8, 4) is 5.75 Å². The molecule has 0 saturated heterocycles. The third-order valence-electron chi connectivity index (χ3n) is 4.13. The molecule has 0 aromatic heterocycles. The van der Waals surface area contributed by atoms with Gasteiger partial charge in [-0.2, -0.15) is 0 Å². The fourth-order valence-corrected chi connectivity index (χ4v) is 4.16. The maximum Gasteiger partial charge on any atom is 0.309 e. The first-order valence-electron chi connectivity index (χ1n) is 8.11. The van der Waals surface area contributed by atoms with Crippen molar-refractivity contribution in [1.82, 2.24) is 0 Å². The van der Waals surface area contributed by atoms with Gasteiger partial charge in [0.05, 0.1) is 30.3 Å². The summed E-state index contributed by atoms with van der Waals surface area (Å²) in [5.41, 5.74) is 0. The fourth-order valence-electron chi connectivity index (χ4n) is 2.63. The van der Waals surface area contributed by atoms with E-state index in [-0.39, 0.29) is 10.6 Å². The average Bonchev–Trinajstić information content (AvgIpc) is 2.60. The summed E-state index contributed by atoms with van der Waals surface area (Å²) >= 11 is 0. The number of esters is 1. The highest BCUT2D eigenvalue weighted by molar-refractivity contribution is 7.91. The lowest BCUT2D eigenvalue weighted by Gasteiger charge is -2.19. The molecule has 0 spiro atoms. The summed E-state index contributed by atoms with van der Waals surface area (Å²) in [7, 11) is -2.02. The molecule has 1 aliphatic rings. The topological polar surface area (TPSA) is 69.7 Å². The lowest BCUT2D eigenvalue weighted by atomic mass is 9.95. The molecule has 0 bridgehead atoms. The van der Waals surface area contributed by atoms with Crippen molar-refractivity contribution >= 4 is 15.8 Å². The Bertz CT molecular complexity index is 676. The van der Waals surface area contributed by atoms with Crippen LogP contribution in [0.4, 0.5) is 0 Å². The van der Waals surface area contributed by atoms with Gasteiger partial charge in [0.25, 0.3) is 0 Å². The molecule has 0 unspecified atom stereocenters. The molecular weight excluding hydrogens is 328 g/mol. The molecule has 6 heteroatoms. The van der Waals surface area contributed by atoms with Crippen LogP contribution in [0.2, 0.25) is 0 Å². The van der Waals surface area contributed by atoms with Gasteiger partial charge >= 0.3 is 5.97 Å². The predicted octanol–water partition coefficient (Wildman–Crippen LogP) is 3.00. The van der Waals surface area contributed by atoms with Crippen molar-refractivity contribution in [2.24, 2.45) is 11.8 Å². The molecule has 0 radical (unpaired) electrons. The fraction of sp³-hybridized carbons (Fsp3) is 0.500. The van der Waals surface area contributed by atoms with Crippen molar-refractivity contribution in [2.45, 2.75) is 31.1 Å². The largest absolute Gasteiger partial charge is 0.497 e. The summed E-state index contributed by atoms with van der Waals surface area (Å²) in [5.74, 6) is -0.493. The highest BCUT2D eigenvalue weighted by Crippen LogP contribution is 2.21. The standard InChI is InChI=1S/C18H24O5S/c1-14(18(19)23-12-15-6-4-3-5-7-15)13-24(20,21)17-10-8-16(22-2)9-11-17/h3-4,8-11,14-15H,5-7,12-13H2,1-2H3/t14-,15+/m1/s1. The molecule has 5 nitrogen and oxygen atoms in total. The van der Waals surface area contributed by atoms with Crippen LogP contribution in [0.25, 0.3) is 0 Å². The van der Waals surface area contributed by atoms with Gasteiger partial charge in [-0.1, -0.05) is 19.1 Å².